The zero-order valence-corrected chi connectivity index (χ0v) is 10.4. The summed E-state index contributed by atoms with van der Waals surface area (Å²) in [6, 6.07) is 0. The van der Waals surface area contributed by atoms with Crippen molar-refractivity contribution < 1.29 is 44.0 Å². The second-order valence-corrected chi connectivity index (χ2v) is 5.72. The molecule has 0 aliphatic carbocycles. The number of thiol groups is 2. The molecule has 0 saturated carbocycles. The molecule has 0 aliphatic rings. The molecular weight excluding hydrogens is 203 g/mol. The van der Waals surface area contributed by atoms with Crippen molar-refractivity contribution in [2.75, 3.05) is 5.75 Å². The van der Waals surface area contributed by atoms with Crippen LogP contribution < -0.4 is 29.6 Å². The van der Waals surface area contributed by atoms with Gasteiger partial charge in [0.05, 0.1) is 9.83 Å². The van der Waals surface area contributed by atoms with Crippen LogP contribution in [-0.2, 0) is 10.1 Å². The van der Waals surface area contributed by atoms with Crippen molar-refractivity contribution in [3.63, 3.8) is 0 Å². The van der Waals surface area contributed by atoms with Crippen LogP contribution in [0.25, 0.3) is 0 Å². The molecule has 0 aromatic rings. The SMILES string of the molecule is CC(S)(S)CS(=O)(=O)O.[H-].[Na+]. The van der Waals surface area contributed by atoms with Crippen LogP contribution in [0.4, 0.5) is 0 Å². The Bertz CT molecular complexity index is 184. The van der Waals surface area contributed by atoms with Crippen LogP contribution in [-0.4, -0.2) is 22.8 Å². The Balaban J connectivity index is -0.000000320. The van der Waals surface area contributed by atoms with Crippen LogP contribution >= 0.6 is 25.3 Å². The van der Waals surface area contributed by atoms with Crippen LogP contribution in [0.2, 0.25) is 0 Å². The van der Waals surface area contributed by atoms with Crippen LogP contribution in [0, 0.1) is 0 Å². The molecule has 0 aromatic carbocycles. The number of hydrogen-bond acceptors (Lipinski definition) is 4. The van der Waals surface area contributed by atoms with Gasteiger partial charge in [-0.15, -0.1) is 0 Å². The van der Waals surface area contributed by atoms with Crippen LogP contribution in [0.3, 0.4) is 0 Å². The summed E-state index contributed by atoms with van der Waals surface area (Å²) in [5.41, 5.74) is 0. The normalized spacial score (nSPS) is 12.4. The molecule has 0 unspecified atom stereocenters. The van der Waals surface area contributed by atoms with Gasteiger partial charge in [-0.1, -0.05) is 0 Å². The smallest absolute Gasteiger partial charge is 1.00 e. The minimum absolute atomic E-state index is 0. The van der Waals surface area contributed by atoms with E-state index in [0.29, 0.717) is 0 Å². The first-order chi connectivity index (χ1) is 3.71. The second kappa shape index (κ2) is 4.59. The van der Waals surface area contributed by atoms with E-state index >= 15 is 0 Å². The zero-order chi connectivity index (χ0) is 7.71. The average molecular weight is 212 g/mol. The molecule has 0 heterocycles. The van der Waals surface area contributed by atoms with Crippen LogP contribution in [0.5, 0.6) is 0 Å². The van der Waals surface area contributed by atoms with E-state index in [0.717, 1.165) is 0 Å². The van der Waals surface area contributed by atoms with Gasteiger partial charge in [-0.2, -0.15) is 33.7 Å². The Labute approximate surface area is 95.3 Å². The molecule has 10 heavy (non-hydrogen) atoms. The van der Waals surface area contributed by atoms with Crippen molar-refractivity contribution in [2.24, 2.45) is 0 Å². The first kappa shape index (κ1) is 14.2. The van der Waals surface area contributed by atoms with E-state index in [4.69, 9.17) is 4.55 Å². The van der Waals surface area contributed by atoms with Crippen molar-refractivity contribution in [3.05, 3.63) is 0 Å². The Morgan fingerprint density at radius 3 is 1.90 bits per heavy atom. The van der Waals surface area contributed by atoms with E-state index in [9.17, 15) is 8.42 Å². The zero-order valence-electron chi connectivity index (χ0n) is 6.77. The Kier molecular flexibility index (Phi) is 6.50. The summed E-state index contributed by atoms with van der Waals surface area (Å²) >= 11 is 7.55. The van der Waals surface area contributed by atoms with Crippen molar-refractivity contribution >= 4 is 35.4 Å². The predicted octanol–water partition coefficient (Wildman–Crippen LogP) is -2.43. The van der Waals surface area contributed by atoms with E-state index < -0.39 is 20.0 Å². The maximum absolute atomic E-state index is 10.1. The Hall–Kier alpha value is 1.61. The first-order valence-corrected chi connectivity index (χ1v) is 4.61. The molecule has 0 atom stereocenters. The molecule has 0 amide bonds. The van der Waals surface area contributed by atoms with E-state index in [1.54, 1.807) is 0 Å². The summed E-state index contributed by atoms with van der Waals surface area (Å²) in [7, 11) is -3.93. The molecule has 58 valence electrons. The van der Waals surface area contributed by atoms with Gasteiger partial charge in [-0.05, 0) is 6.92 Å². The minimum atomic E-state index is -3.93. The monoisotopic (exact) mass is 212 g/mol. The molecule has 0 bridgehead atoms. The van der Waals surface area contributed by atoms with Crippen molar-refractivity contribution in [3.8, 4) is 0 Å². The van der Waals surface area contributed by atoms with Gasteiger partial charge in [0, 0.05) is 0 Å². The fourth-order valence-electron chi connectivity index (χ4n) is 0.346. The van der Waals surface area contributed by atoms with Gasteiger partial charge < -0.3 is 1.43 Å². The van der Waals surface area contributed by atoms with Gasteiger partial charge in [0.1, 0.15) is 0 Å². The fraction of sp³-hybridized carbons (Fsp3) is 1.00. The molecule has 0 spiro atoms. The second-order valence-electron chi connectivity index (χ2n) is 1.94. The third kappa shape index (κ3) is 12.3. The van der Waals surface area contributed by atoms with Crippen molar-refractivity contribution in [1.82, 2.24) is 0 Å². The maximum Gasteiger partial charge on any atom is 1.00 e. The molecule has 0 saturated heterocycles. The van der Waals surface area contributed by atoms with E-state index in [2.05, 4.69) is 25.3 Å². The quantitative estimate of drug-likeness (QED) is 0.206. The van der Waals surface area contributed by atoms with Crippen LogP contribution in [0.1, 0.15) is 8.35 Å². The van der Waals surface area contributed by atoms with Gasteiger partial charge >= 0.3 is 29.6 Å². The first-order valence-electron chi connectivity index (χ1n) is 2.11. The standard InChI is InChI=1S/C3H8O3S3.Na.H/c1-3(7,8)2-9(4,5)6;;/h7-8H,2H2,1H3,(H,4,5,6);;/q;+1;-1. The van der Waals surface area contributed by atoms with Gasteiger partial charge in [0.15, 0.2) is 0 Å². The summed E-state index contributed by atoms with van der Waals surface area (Å²) in [6.45, 7) is 1.48. The third-order valence-electron chi connectivity index (χ3n) is 0.456. The van der Waals surface area contributed by atoms with Crippen molar-refractivity contribution in [2.45, 2.75) is 11.0 Å². The molecule has 1 N–H and O–H groups in total. The summed E-state index contributed by atoms with van der Waals surface area (Å²) in [6.07, 6.45) is 0. The van der Waals surface area contributed by atoms with E-state index in [1.807, 2.05) is 0 Å². The fourth-order valence-corrected chi connectivity index (χ4v) is 2.02. The predicted molar refractivity (Wildman–Crippen MR) is 43.9 cm³/mol. The maximum atomic E-state index is 10.1. The molecular formula is C3H9NaO3S3. The molecule has 0 rings (SSSR count). The molecule has 3 nitrogen and oxygen atoms in total. The summed E-state index contributed by atoms with van der Waals surface area (Å²) in [5, 5.41) is 0. The van der Waals surface area contributed by atoms with E-state index in [-0.39, 0.29) is 31.0 Å². The Morgan fingerprint density at radius 1 is 1.60 bits per heavy atom. The van der Waals surface area contributed by atoms with Crippen LogP contribution in [0.15, 0.2) is 0 Å². The van der Waals surface area contributed by atoms with Gasteiger partial charge in [0.25, 0.3) is 10.1 Å². The van der Waals surface area contributed by atoms with Gasteiger partial charge in [-0.25, -0.2) is 0 Å². The average Bonchev–Trinajstić information content (AvgIpc) is 1.14. The number of rotatable bonds is 2. The van der Waals surface area contributed by atoms with Crippen molar-refractivity contribution in [1.29, 1.82) is 0 Å². The summed E-state index contributed by atoms with van der Waals surface area (Å²) < 4.78 is 27.5. The molecule has 0 fully saturated rings. The summed E-state index contributed by atoms with van der Waals surface area (Å²) in [5.74, 6) is -0.452. The van der Waals surface area contributed by atoms with Gasteiger partial charge in [-0.3, -0.25) is 4.55 Å². The van der Waals surface area contributed by atoms with E-state index in [1.165, 1.54) is 6.92 Å². The largest absolute Gasteiger partial charge is 1.00 e. The third-order valence-corrected chi connectivity index (χ3v) is 2.14. The number of hydrogen-bond donors (Lipinski definition) is 3. The topological polar surface area (TPSA) is 54.4 Å². The molecule has 7 heteroatoms. The molecule has 0 aliphatic heterocycles. The minimum Gasteiger partial charge on any atom is -1.00 e. The Morgan fingerprint density at radius 2 is 1.90 bits per heavy atom. The summed E-state index contributed by atoms with van der Waals surface area (Å²) in [4.78, 5) is 0. The molecule has 0 radical (unpaired) electrons. The van der Waals surface area contributed by atoms with Gasteiger partial charge in [0.2, 0.25) is 0 Å². The molecule has 0 aromatic heterocycles.